The van der Waals surface area contributed by atoms with E-state index in [9.17, 15) is 9.90 Å². The number of hydrogen-bond donors (Lipinski definition) is 1. The highest BCUT2D eigenvalue weighted by Crippen LogP contribution is 2.33. The van der Waals surface area contributed by atoms with E-state index in [4.69, 9.17) is 0 Å². The molecule has 29 heavy (non-hydrogen) atoms. The van der Waals surface area contributed by atoms with Crippen molar-refractivity contribution in [2.45, 2.75) is 25.8 Å². The Bertz CT molecular complexity index is 1020. The lowest BCUT2D eigenvalue weighted by atomic mass is 10.0. The minimum Gasteiger partial charge on any atom is -0.508 e. The largest absolute Gasteiger partial charge is 0.508 e. The number of amides is 1. The summed E-state index contributed by atoms with van der Waals surface area (Å²) in [4.78, 5) is 14.3. The maximum atomic E-state index is 12.3. The van der Waals surface area contributed by atoms with Crippen LogP contribution in [0.2, 0.25) is 0 Å². The summed E-state index contributed by atoms with van der Waals surface area (Å²) in [5, 5.41) is 18.1. The Balaban J connectivity index is 1.29. The number of aromatic hydroxyl groups is 1. The van der Waals surface area contributed by atoms with Crippen molar-refractivity contribution in [3.8, 4) is 28.3 Å². The molecule has 1 N–H and O–H groups in total. The van der Waals surface area contributed by atoms with E-state index in [1.165, 1.54) is 0 Å². The number of rotatable bonds is 5. The van der Waals surface area contributed by atoms with Gasteiger partial charge in [0.1, 0.15) is 12.1 Å². The standard InChI is InChI=1S/C23H24N4O2/c28-21-3-1-2-20(12-21)17-4-6-18(7-5-17)22-25-24-15-27(22)14-16-10-11-26(13-16)23(29)19-8-9-19/h1-7,12,15-16,19,28H,8-11,13-14H2. The number of carbonyl (C=O) groups is 1. The van der Waals surface area contributed by atoms with E-state index in [2.05, 4.69) is 14.8 Å². The normalized spacial score (nSPS) is 18.9. The molecule has 6 nitrogen and oxygen atoms in total. The zero-order chi connectivity index (χ0) is 19.8. The first kappa shape index (κ1) is 17.9. The molecule has 0 spiro atoms. The topological polar surface area (TPSA) is 71.2 Å². The van der Waals surface area contributed by atoms with Gasteiger partial charge in [0.05, 0.1) is 0 Å². The molecule has 1 aromatic heterocycles. The van der Waals surface area contributed by atoms with Gasteiger partial charge in [-0.15, -0.1) is 10.2 Å². The van der Waals surface area contributed by atoms with Crippen molar-refractivity contribution in [3.05, 3.63) is 54.9 Å². The first-order valence-corrected chi connectivity index (χ1v) is 10.2. The molecule has 1 saturated carbocycles. The van der Waals surface area contributed by atoms with Crippen LogP contribution in [0.5, 0.6) is 5.75 Å². The second-order valence-corrected chi connectivity index (χ2v) is 8.15. The zero-order valence-electron chi connectivity index (χ0n) is 16.2. The van der Waals surface area contributed by atoms with Gasteiger partial charge >= 0.3 is 0 Å². The fourth-order valence-electron chi connectivity index (χ4n) is 4.16. The molecule has 1 saturated heterocycles. The summed E-state index contributed by atoms with van der Waals surface area (Å²) in [5.74, 6) is 2.19. The summed E-state index contributed by atoms with van der Waals surface area (Å²) < 4.78 is 2.10. The molecule has 0 bridgehead atoms. The van der Waals surface area contributed by atoms with Crippen LogP contribution in [-0.2, 0) is 11.3 Å². The average molecular weight is 388 g/mol. The Labute approximate surface area is 169 Å². The smallest absolute Gasteiger partial charge is 0.225 e. The van der Waals surface area contributed by atoms with Crippen LogP contribution >= 0.6 is 0 Å². The SMILES string of the molecule is O=C(C1CC1)N1CCC(Cn2cnnc2-c2ccc(-c3cccc(O)c3)cc2)C1. The third-order valence-electron chi connectivity index (χ3n) is 5.92. The van der Waals surface area contributed by atoms with Crippen molar-refractivity contribution in [1.82, 2.24) is 19.7 Å². The molecule has 1 unspecified atom stereocenters. The molecular weight excluding hydrogens is 364 g/mol. The number of phenols is 1. The van der Waals surface area contributed by atoms with Crippen molar-refractivity contribution in [3.63, 3.8) is 0 Å². The van der Waals surface area contributed by atoms with E-state index >= 15 is 0 Å². The maximum absolute atomic E-state index is 12.3. The molecule has 2 aliphatic rings. The number of aromatic nitrogens is 3. The summed E-state index contributed by atoms with van der Waals surface area (Å²) in [6.07, 6.45) is 4.94. The molecule has 148 valence electrons. The summed E-state index contributed by atoms with van der Waals surface area (Å²) >= 11 is 0. The molecule has 6 heteroatoms. The lowest BCUT2D eigenvalue weighted by Crippen LogP contribution is -2.30. The molecular formula is C23H24N4O2. The number of nitrogens with zero attached hydrogens (tertiary/aromatic N) is 4. The van der Waals surface area contributed by atoms with Crippen LogP contribution in [0.3, 0.4) is 0 Å². The van der Waals surface area contributed by atoms with Crippen LogP contribution < -0.4 is 0 Å². The third kappa shape index (κ3) is 3.75. The number of carbonyl (C=O) groups excluding carboxylic acids is 1. The molecule has 1 amide bonds. The third-order valence-corrected chi connectivity index (χ3v) is 5.92. The Kier molecular flexibility index (Phi) is 4.54. The minimum absolute atomic E-state index is 0.261. The van der Waals surface area contributed by atoms with Gasteiger partial charge in [-0.1, -0.05) is 36.4 Å². The van der Waals surface area contributed by atoms with E-state index in [0.717, 1.165) is 61.4 Å². The van der Waals surface area contributed by atoms with E-state index in [1.807, 2.05) is 41.3 Å². The summed E-state index contributed by atoms with van der Waals surface area (Å²) in [5.41, 5.74) is 3.03. The number of likely N-dealkylation sites (tertiary alicyclic amines) is 1. The van der Waals surface area contributed by atoms with Gasteiger partial charge in [-0.3, -0.25) is 4.79 Å². The average Bonchev–Trinajstić information content (AvgIpc) is 3.32. The van der Waals surface area contributed by atoms with E-state index in [-0.39, 0.29) is 5.75 Å². The van der Waals surface area contributed by atoms with E-state index in [1.54, 1.807) is 18.5 Å². The predicted octanol–water partition coefficient (Wildman–Crippen LogP) is 3.58. The summed E-state index contributed by atoms with van der Waals surface area (Å²) in [7, 11) is 0. The first-order valence-electron chi connectivity index (χ1n) is 10.2. The Hall–Kier alpha value is -3.15. The van der Waals surface area contributed by atoms with Gasteiger partial charge in [0, 0.05) is 31.1 Å². The molecule has 1 aliphatic heterocycles. The monoisotopic (exact) mass is 388 g/mol. The molecule has 3 aromatic rings. The summed E-state index contributed by atoms with van der Waals surface area (Å²) in [6.45, 7) is 2.53. The van der Waals surface area contributed by atoms with Crippen LogP contribution in [0.4, 0.5) is 0 Å². The lowest BCUT2D eigenvalue weighted by Gasteiger charge is -2.17. The van der Waals surface area contributed by atoms with Gasteiger partial charge in [0.2, 0.25) is 5.91 Å². The lowest BCUT2D eigenvalue weighted by molar-refractivity contribution is -0.131. The van der Waals surface area contributed by atoms with Crippen molar-refractivity contribution < 1.29 is 9.90 Å². The quantitative estimate of drug-likeness (QED) is 0.725. The highest BCUT2D eigenvalue weighted by atomic mass is 16.3. The highest BCUT2D eigenvalue weighted by Gasteiger charge is 2.36. The second-order valence-electron chi connectivity index (χ2n) is 8.15. The second kappa shape index (κ2) is 7.35. The number of hydrogen-bond acceptors (Lipinski definition) is 4. The number of benzene rings is 2. The number of phenolic OH excluding ortho intramolecular Hbond substituents is 1. The van der Waals surface area contributed by atoms with Crippen molar-refractivity contribution in [1.29, 1.82) is 0 Å². The Morgan fingerprint density at radius 1 is 1.03 bits per heavy atom. The molecule has 1 atom stereocenters. The Morgan fingerprint density at radius 3 is 2.59 bits per heavy atom. The van der Waals surface area contributed by atoms with Crippen LogP contribution in [0.25, 0.3) is 22.5 Å². The Morgan fingerprint density at radius 2 is 1.83 bits per heavy atom. The maximum Gasteiger partial charge on any atom is 0.225 e. The van der Waals surface area contributed by atoms with Crippen LogP contribution in [0.1, 0.15) is 19.3 Å². The van der Waals surface area contributed by atoms with Gasteiger partial charge in [0.15, 0.2) is 5.82 Å². The van der Waals surface area contributed by atoms with Gasteiger partial charge in [0.25, 0.3) is 0 Å². The van der Waals surface area contributed by atoms with Crippen molar-refractivity contribution >= 4 is 5.91 Å². The van der Waals surface area contributed by atoms with Crippen LogP contribution in [-0.4, -0.2) is 43.8 Å². The molecule has 0 radical (unpaired) electrons. The van der Waals surface area contributed by atoms with Gasteiger partial charge < -0.3 is 14.6 Å². The van der Waals surface area contributed by atoms with Gasteiger partial charge in [-0.05, 0) is 48.4 Å². The molecule has 2 fully saturated rings. The molecule has 2 heterocycles. The zero-order valence-corrected chi connectivity index (χ0v) is 16.2. The van der Waals surface area contributed by atoms with Crippen LogP contribution in [0, 0.1) is 11.8 Å². The highest BCUT2D eigenvalue weighted by molar-refractivity contribution is 5.81. The first-order chi connectivity index (χ1) is 14.2. The van der Waals surface area contributed by atoms with Crippen molar-refractivity contribution in [2.24, 2.45) is 11.8 Å². The minimum atomic E-state index is 0.261. The predicted molar refractivity (Wildman–Crippen MR) is 110 cm³/mol. The molecule has 2 aromatic carbocycles. The van der Waals surface area contributed by atoms with Crippen molar-refractivity contribution in [2.75, 3.05) is 13.1 Å². The molecule has 5 rings (SSSR count). The molecule has 1 aliphatic carbocycles. The summed E-state index contributed by atoms with van der Waals surface area (Å²) in [6, 6.07) is 15.4. The van der Waals surface area contributed by atoms with Gasteiger partial charge in [-0.2, -0.15) is 0 Å². The fourth-order valence-corrected chi connectivity index (χ4v) is 4.16. The van der Waals surface area contributed by atoms with E-state index in [0.29, 0.717) is 17.7 Å². The van der Waals surface area contributed by atoms with Crippen LogP contribution in [0.15, 0.2) is 54.9 Å². The fraction of sp³-hybridized carbons (Fsp3) is 0.348. The van der Waals surface area contributed by atoms with Gasteiger partial charge in [-0.25, -0.2) is 0 Å². The van der Waals surface area contributed by atoms with E-state index < -0.39 is 0 Å².